The topological polar surface area (TPSA) is 15.3 Å². The van der Waals surface area contributed by atoms with Gasteiger partial charge < -0.3 is 10.2 Å². The van der Waals surface area contributed by atoms with Crippen molar-refractivity contribution in [3.63, 3.8) is 0 Å². The Morgan fingerprint density at radius 3 is 2.89 bits per heavy atom. The van der Waals surface area contributed by atoms with Crippen LogP contribution in [0, 0.1) is 0 Å². The summed E-state index contributed by atoms with van der Waals surface area (Å²) in [4.78, 5) is 5.65. The molecule has 19 heavy (non-hydrogen) atoms. The summed E-state index contributed by atoms with van der Waals surface area (Å²) in [6, 6.07) is 2.42. The molecule has 2 heterocycles. The van der Waals surface area contributed by atoms with Gasteiger partial charge in [0.2, 0.25) is 0 Å². The van der Waals surface area contributed by atoms with Crippen LogP contribution in [0.15, 0.2) is 6.07 Å². The first-order valence-electron chi connectivity index (χ1n) is 7.44. The van der Waals surface area contributed by atoms with Crippen LogP contribution in [0.1, 0.15) is 35.6 Å². The van der Waals surface area contributed by atoms with Crippen LogP contribution in [0.5, 0.6) is 0 Å². The molecule has 0 radical (unpaired) electrons. The molecule has 0 spiro atoms. The number of nitrogens with one attached hydrogen (secondary N) is 1. The van der Waals surface area contributed by atoms with E-state index < -0.39 is 0 Å². The van der Waals surface area contributed by atoms with Crippen LogP contribution in [-0.2, 0) is 18.7 Å². The van der Waals surface area contributed by atoms with E-state index in [2.05, 4.69) is 41.9 Å². The zero-order valence-electron chi connectivity index (χ0n) is 12.2. The van der Waals surface area contributed by atoms with Crippen molar-refractivity contribution in [3.8, 4) is 0 Å². The fraction of sp³-hybridized carbons (Fsp3) is 0.733. The van der Waals surface area contributed by atoms with Crippen LogP contribution in [0.3, 0.4) is 0 Å². The molecular formula is C15H26N2S2. The van der Waals surface area contributed by atoms with E-state index in [4.69, 9.17) is 0 Å². The van der Waals surface area contributed by atoms with Gasteiger partial charge in [-0.1, -0.05) is 13.8 Å². The molecule has 0 fully saturated rings. The Kier molecular flexibility index (Phi) is 6.71. The monoisotopic (exact) mass is 298 g/mol. The average molecular weight is 299 g/mol. The molecule has 0 saturated carbocycles. The summed E-state index contributed by atoms with van der Waals surface area (Å²) in [5.41, 5.74) is 1.60. The highest BCUT2D eigenvalue weighted by atomic mass is 32.2. The molecule has 0 aliphatic carbocycles. The summed E-state index contributed by atoms with van der Waals surface area (Å²) in [7, 11) is 0. The van der Waals surface area contributed by atoms with Gasteiger partial charge in [-0.3, -0.25) is 0 Å². The van der Waals surface area contributed by atoms with E-state index in [0.29, 0.717) is 0 Å². The predicted molar refractivity (Wildman–Crippen MR) is 88.3 cm³/mol. The second-order valence-electron chi connectivity index (χ2n) is 5.02. The molecule has 0 aromatic carbocycles. The molecule has 1 aliphatic rings. The van der Waals surface area contributed by atoms with Crippen molar-refractivity contribution in [1.82, 2.24) is 10.2 Å². The molecular weight excluding hydrogens is 272 g/mol. The van der Waals surface area contributed by atoms with E-state index in [-0.39, 0.29) is 0 Å². The first kappa shape index (κ1) is 15.4. The van der Waals surface area contributed by atoms with Gasteiger partial charge in [0, 0.05) is 22.1 Å². The zero-order valence-corrected chi connectivity index (χ0v) is 13.8. The van der Waals surface area contributed by atoms with Crippen molar-refractivity contribution in [2.24, 2.45) is 0 Å². The Balaban J connectivity index is 1.64. The van der Waals surface area contributed by atoms with Gasteiger partial charge in [-0.2, -0.15) is 11.8 Å². The van der Waals surface area contributed by atoms with Gasteiger partial charge in [0.15, 0.2) is 0 Å². The molecule has 2 rings (SSSR count). The molecule has 0 amide bonds. The fourth-order valence-corrected chi connectivity index (χ4v) is 4.82. The minimum atomic E-state index is 1.06. The van der Waals surface area contributed by atoms with Crippen LogP contribution < -0.4 is 5.32 Å². The molecule has 0 saturated heterocycles. The van der Waals surface area contributed by atoms with E-state index >= 15 is 0 Å². The van der Waals surface area contributed by atoms with Crippen molar-refractivity contribution in [2.45, 2.75) is 39.0 Å². The summed E-state index contributed by atoms with van der Waals surface area (Å²) >= 11 is 4.09. The number of nitrogens with zero attached hydrogens (tertiary/aromatic N) is 1. The van der Waals surface area contributed by atoms with Gasteiger partial charge in [-0.05, 0) is 56.4 Å². The standard InChI is InChI=1S/C15H26N2S2/c1-3-17(4-2)8-5-7-16-11-14-10-13-12-18-9-6-15(13)19-14/h10,16H,3-9,11-12H2,1-2H3. The summed E-state index contributed by atoms with van der Waals surface area (Å²) in [6.07, 6.45) is 2.54. The Morgan fingerprint density at radius 1 is 1.32 bits per heavy atom. The molecule has 1 aromatic heterocycles. The number of rotatable bonds is 8. The lowest BCUT2D eigenvalue weighted by Crippen LogP contribution is -2.27. The molecule has 0 atom stereocenters. The highest BCUT2D eigenvalue weighted by Crippen LogP contribution is 2.31. The summed E-state index contributed by atoms with van der Waals surface area (Å²) < 4.78 is 0. The van der Waals surface area contributed by atoms with E-state index in [1.165, 1.54) is 48.9 Å². The quantitative estimate of drug-likeness (QED) is 0.741. The maximum Gasteiger partial charge on any atom is 0.0299 e. The van der Waals surface area contributed by atoms with Gasteiger partial charge in [-0.25, -0.2) is 0 Å². The molecule has 0 unspecified atom stereocenters. The summed E-state index contributed by atoms with van der Waals surface area (Å²) in [5.74, 6) is 2.54. The van der Waals surface area contributed by atoms with E-state index in [1.807, 2.05) is 11.3 Å². The third kappa shape index (κ3) is 4.78. The molecule has 1 N–H and O–H groups in total. The molecule has 1 aromatic rings. The van der Waals surface area contributed by atoms with Crippen LogP contribution in [0.4, 0.5) is 0 Å². The normalized spacial score (nSPS) is 14.9. The summed E-state index contributed by atoms with van der Waals surface area (Å²) in [5, 5.41) is 3.59. The average Bonchev–Trinajstić information content (AvgIpc) is 2.85. The Hall–Kier alpha value is -0.0300. The van der Waals surface area contributed by atoms with E-state index in [9.17, 15) is 0 Å². The van der Waals surface area contributed by atoms with Gasteiger partial charge in [0.05, 0.1) is 0 Å². The number of fused-ring (bicyclic) bond motifs is 1. The number of hydrogen-bond donors (Lipinski definition) is 1. The Bertz CT molecular complexity index is 349. The molecule has 2 nitrogen and oxygen atoms in total. The van der Waals surface area contributed by atoms with Crippen molar-refractivity contribution in [3.05, 3.63) is 21.4 Å². The van der Waals surface area contributed by atoms with Crippen molar-refractivity contribution in [1.29, 1.82) is 0 Å². The molecule has 0 bridgehead atoms. The van der Waals surface area contributed by atoms with E-state index in [0.717, 1.165) is 13.1 Å². The SMILES string of the molecule is CCN(CC)CCCNCc1cc2c(s1)CCSC2. The third-order valence-electron chi connectivity index (χ3n) is 3.70. The summed E-state index contributed by atoms with van der Waals surface area (Å²) in [6.45, 7) is 10.2. The second-order valence-corrected chi connectivity index (χ2v) is 7.35. The van der Waals surface area contributed by atoms with Gasteiger partial charge in [0.1, 0.15) is 0 Å². The number of thiophene rings is 1. The van der Waals surface area contributed by atoms with Crippen molar-refractivity contribution < 1.29 is 0 Å². The first-order chi connectivity index (χ1) is 9.33. The second kappa shape index (κ2) is 8.30. The van der Waals surface area contributed by atoms with Crippen LogP contribution >= 0.6 is 23.1 Å². The first-order valence-corrected chi connectivity index (χ1v) is 9.41. The van der Waals surface area contributed by atoms with Gasteiger partial charge in [0.25, 0.3) is 0 Å². The van der Waals surface area contributed by atoms with E-state index in [1.54, 1.807) is 10.4 Å². The minimum absolute atomic E-state index is 1.06. The van der Waals surface area contributed by atoms with Gasteiger partial charge in [-0.15, -0.1) is 11.3 Å². The number of hydrogen-bond acceptors (Lipinski definition) is 4. The highest BCUT2D eigenvalue weighted by Gasteiger charge is 2.13. The predicted octanol–water partition coefficient (Wildman–Crippen LogP) is 3.36. The van der Waals surface area contributed by atoms with Crippen LogP contribution in [-0.4, -0.2) is 36.8 Å². The smallest absolute Gasteiger partial charge is 0.0299 e. The molecule has 108 valence electrons. The maximum atomic E-state index is 3.59. The third-order valence-corrected chi connectivity index (χ3v) is 5.95. The Morgan fingerprint density at radius 2 is 2.16 bits per heavy atom. The largest absolute Gasteiger partial charge is 0.312 e. The zero-order chi connectivity index (χ0) is 13.5. The minimum Gasteiger partial charge on any atom is -0.312 e. The lowest BCUT2D eigenvalue weighted by Gasteiger charge is -2.17. The highest BCUT2D eigenvalue weighted by molar-refractivity contribution is 7.98. The Labute approximate surface area is 126 Å². The fourth-order valence-electron chi connectivity index (χ4n) is 2.48. The van der Waals surface area contributed by atoms with Crippen LogP contribution in [0.25, 0.3) is 0 Å². The lowest BCUT2D eigenvalue weighted by molar-refractivity contribution is 0.298. The van der Waals surface area contributed by atoms with Crippen molar-refractivity contribution in [2.75, 3.05) is 31.9 Å². The van der Waals surface area contributed by atoms with Crippen LogP contribution in [0.2, 0.25) is 0 Å². The van der Waals surface area contributed by atoms with Crippen molar-refractivity contribution >= 4 is 23.1 Å². The lowest BCUT2D eigenvalue weighted by atomic mass is 10.2. The van der Waals surface area contributed by atoms with Gasteiger partial charge >= 0.3 is 0 Å². The number of thioether (sulfide) groups is 1. The molecule has 1 aliphatic heterocycles. The number of aryl methyl sites for hydroxylation is 1. The molecule has 4 heteroatoms. The maximum absolute atomic E-state index is 3.59.